The summed E-state index contributed by atoms with van der Waals surface area (Å²) in [5.74, 6) is -1.90. The number of carbonyl (C=O) groups excluding carboxylic acids is 3. The smallest absolute Gasteiger partial charge is 0.310 e. The minimum atomic E-state index is -0.742. The average Bonchev–Trinajstić information content (AvgIpc) is 3.44. The molecule has 0 aromatic carbocycles. The Kier molecular flexibility index (Phi) is 9.03. The molecule has 2 unspecified atom stereocenters. The molecule has 8 heteroatoms. The van der Waals surface area contributed by atoms with Gasteiger partial charge in [-0.2, -0.15) is 0 Å². The van der Waals surface area contributed by atoms with E-state index in [0.717, 1.165) is 25.7 Å². The highest BCUT2D eigenvalue weighted by Crippen LogP contribution is 2.67. The molecule has 6 atom stereocenters. The molecule has 0 saturated carbocycles. The number of carbonyl (C=O) groups is 3. The summed E-state index contributed by atoms with van der Waals surface area (Å²) < 4.78 is 4.97. The first kappa shape index (κ1) is 28.8. The van der Waals surface area contributed by atoms with Crippen molar-refractivity contribution in [3.05, 3.63) is 25.3 Å². The Morgan fingerprint density at radius 3 is 2.53 bits per heavy atom. The van der Waals surface area contributed by atoms with Crippen LogP contribution in [0.4, 0.5) is 0 Å². The van der Waals surface area contributed by atoms with Gasteiger partial charge in [0.2, 0.25) is 11.8 Å². The number of aliphatic hydroxyl groups is 1. The number of esters is 1. The first-order valence-corrected chi connectivity index (χ1v) is 14.1. The number of hydrogen-bond acceptors (Lipinski definition) is 6. The largest absolute Gasteiger partial charge is 0.465 e. The van der Waals surface area contributed by atoms with E-state index in [2.05, 4.69) is 13.2 Å². The Morgan fingerprint density at radius 1 is 1.28 bits per heavy atom. The van der Waals surface area contributed by atoms with Crippen LogP contribution in [-0.4, -0.2) is 80.1 Å². The number of allylic oxidation sites excluding steroid dienone is 1. The number of unbranched alkanes of at least 4 members (excludes halogenated alkanes) is 2. The molecular weight excluding hydrogens is 476 g/mol. The first-order valence-electron chi connectivity index (χ1n) is 13.3. The Hall–Kier alpha value is -1.80. The van der Waals surface area contributed by atoms with E-state index in [1.54, 1.807) is 27.6 Å². The molecule has 1 spiro atoms. The maximum absolute atomic E-state index is 14.3. The van der Waals surface area contributed by atoms with Crippen LogP contribution < -0.4 is 0 Å². The van der Waals surface area contributed by atoms with Crippen LogP contribution in [-0.2, 0) is 19.1 Å². The summed E-state index contributed by atoms with van der Waals surface area (Å²) in [4.78, 5) is 45.2. The van der Waals surface area contributed by atoms with Gasteiger partial charge in [-0.15, -0.1) is 24.9 Å². The van der Waals surface area contributed by atoms with Crippen molar-refractivity contribution >= 4 is 29.5 Å². The molecule has 0 radical (unpaired) electrons. The molecule has 3 fully saturated rings. The molecule has 1 N–H and O–H groups in total. The summed E-state index contributed by atoms with van der Waals surface area (Å²) in [6.45, 7) is 17.8. The van der Waals surface area contributed by atoms with Crippen molar-refractivity contribution in [3.8, 4) is 0 Å². The number of rotatable bonds is 12. The number of amides is 2. The van der Waals surface area contributed by atoms with E-state index in [0.29, 0.717) is 19.6 Å². The van der Waals surface area contributed by atoms with E-state index in [9.17, 15) is 19.5 Å². The van der Waals surface area contributed by atoms with Crippen molar-refractivity contribution in [1.82, 2.24) is 9.80 Å². The van der Waals surface area contributed by atoms with E-state index in [4.69, 9.17) is 4.74 Å². The highest BCUT2D eigenvalue weighted by atomic mass is 32.2. The minimum absolute atomic E-state index is 0.0359. The minimum Gasteiger partial charge on any atom is -0.465 e. The number of hydrogen-bond donors (Lipinski definition) is 1. The summed E-state index contributed by atoms with van der Waals surface area (Å²) in [6.07, 6.45) is 7.53. The molecule has 0 aromatic rings. The first-order chi connectivity index (χ1) is 17.0. The number of thioether (sulfide) groups is 1. The van der Waals surface area contributed by atoms with Crippen LogP contribution in [0.25, 0.3) is 0 Å². The van der Waals surface area contributed by atoms with E-state index < -0.39 is 34.2 Å². The third-order valence-electron chi connectivity index (χ3n) is 7.99. The van der Waals surface area contributed by atoms with Gasteiger partial charge in [0, 0.05) is 17.3 Å². The van der Waals surface area contributed by atoms with Crippen LogP contribution >= 0.6 is 11.8 Å². The highest BCUT2D eigenvalue weighted by Gasteiger charge is 2.75. The highest BCUT2D eigenvalue weighted by molar-refractivity contribution is 8.02. The Labute approximate surface area is 220 Å². The fourth-order valence-corrected chi connectivity index (χ4v) is 8.43. The van der Waals surface area contributed by atoms with Crippen LogP contribution in [0, 0.1) is 17.8 Å². The predicted molar refractivity (Wildman–Crippen MR) is 143 cm³/mol. The van der Waals surface area contributed by atoms with Crippen molar-refractivity contribution in [2.45, 2.75) is 94.3 Å². The zero-order valence-corrected chi connectivity index (χ0v) is 23.4. The van der Waals surface area contributed by atoms with Crippen molar-refractivity contribution in [2.24, 2.45) is 17.8 Å². The lowest BCUT2D eigenvalue weighted by molar-refractivity contribution is -0.155. The van der Waals surface area contributed by atoms with Crippen molar-refractivity contribution < 1.29 is 24.2 Å². The lowest BCUT2D eigenvalue weighted by atomic mass is 9.71. The van der Waals surface area contributed by atoms with Gasteiger partial charge >= 0.3 is 5.97 Å². The van der Waals surface area contributed by atoms with E-state index >= 15 is 0 Å². The van der Waals surface area contributed by atoms with Gasteiger partial charge in [-0.1, -0.05) is 26.0 Å². The molecule has 36 heavy (non-hydrogen) atoms. The van der Waals surface area contributed by atoms with Gasteiger partial charge < -0.3 is 19.6 Å². The van der Waals surface area contributed by atoms with Gasteiger partial charge in [-0.3, -0.25) is 14.4 Å². The van der Waals surface area contributed by atoms with Crippen molar-refractivity contribution in [1.29, 1.82) is 0 Å². The molecule has 7 nitrogen and oxygen atoms in total. The molecule has 3 aliphatic rings. The van der Waals surface area contributed by atoms with Gasteiger partial charge in [-0.05, 0) is 58.8 Å². The second kappa shape index (κ2) is 11.3. The van der Waals surface area contributed by atoms with Crippen LogP contribution in [0.15, 0.2) is 25.3 Å². The van der Waals surface area contributed by atoms with Crippen LogP contribution in [0.3, 0.4) is 0 Å². The topological polar surface area (TPSA) is 87.1 Å². The van der Waals surface area contributed by atoms with Gasteiger partial charge in [0.1, 0.15) is 6.04 Å². The molecule has 3 saturated heterocycles. The number of nitrogens with zero attached hydrogens (tertiary/aromatic N) is 2. The number of aliphatic hydroxyl groups excluding tert-OH is 1. The van der Waals surface area contributed by atoms with Crippen molar-refractivity contribution in [2.75, 3.05) is 19.8 Å². The summed E-state index contributed by atoms with van der Waals surface area (Å²) >= 11 is 1.63. The van der Waals surface area contributed by atoms with E-state index in [-0.39, 0.29) is 35.6 Å². The molecule has 0 aromatic heterocycles. The molecule has 2 amide bonds. The summed E-state index contributed by atoms with van der Waals surface area (Å²) in [7, 11) is 0. The SMILES string of the molecule is C=CCCCCOC(=O)[C@@H]1[C@H]2C(=O)N([C@@H](CO)C(C)C)C(C(=O)N(CC=C)C(C)(C)C)C23CC[C@H]1S3. The summed E-state index contributed by atoms with van der Waals surface area (Å²) in [6, 6.07) is -1.25. The standard InChI is InChI=1S/C28H44N2O5S/c1-8-10-11-12-16-35-26(34)21-20-13-14-28(36-20)22(21)24(32)30(19(17-31)18(3)4)23(28)25(33)29(15-9-2)27(5,6)7/h8-9,18-23,31H,1-2,10-17H2,3-7H3/t19-,20+,21-,22-,23?,28?/m0/s1. The fourth-order valence-electron chi connectivity index (χ4n) is 6.25. The van der Waals surface area contributed by atoms with Gasteiger partial charge in [0.15, 0.2) is 0 Å². The molecule has 3 rings (SSSR count). The lowest BCUT2D eigenvalue weighted by Gasteiger charge is -2.44. The van der Waals surface area contributed by atoms with Gasteiger partial charge in [0.25, 0.3) is 0 Å². The zero-order chi connectivity index (χ0) is 26.8. The Bertz CT molecular complexity index is 868. The fraction of sp³-hybridized carbons (Fsp3) is 0.750. The van der Waals surface area contributed by atoms with E-state index in [1.807, 2.05) is 40.7 Å². The maximum atomic E-state index is 14.3. The molecule has 0 aliphatic carbocycles. The normalized spacial score (nSPS) is 29.9. The average molecular weight is 521 g/mol. The second-order valence-corrected chi connectivity index (χ2v) is 13.3. The molecule has 2 bridgehead atoms. The third-order valence-corrected chi connectivity index (χ3v) is 9.94. The monoisotopic (exact) mass is 520 g/mol. The van der Waals surface area contributed by atoms with Gasteiger partial charge in [-0.25, -0.2) is 0 Å². The maximum Gasteiger partial charge on any atom is 0.310 e. The molecular formula is C28H44N2O5S. The number of ether oxygens (including phenoxy) is 1. The Balaban J connectivity index is 2.00. The van der Waals surface area contributed by atoms with Gasteiger partial charge in [0.05, 0.1) is 35.8 Å². The van der Waals surface area contributed by atoms with E-state index in [1.165, 1.54) is 0 Å². The lowest BCUT2D eigenvalue weighted by Crippen LogP contribution is -2.61. The van der Waals surface area contributed by atoms with Crippen LogP contribution in [0.1, 0.15) is 66.7 Å². The predicted octanol–water partition coefficient (Wildman–Crippen LogP) is 3.81. The molecule has 3 aliphatic heterocycles. The van der Waals surface area contributed by atoms with Crippen LogP contribution in [0.2, 0.25) is 0 Å². The quantitative estimate of drug-likeness (QED) is 0.239. The van der Waals surface area contributed by atoms with Crippen LogP contribution in [0.5, 0.6) is 0 Å². The molecule has 3 heterocycles. The Morgan fingerprint density at radius 2 is 1.97 bits per heavy atom. The summed E-state index contributed by atoms with van der Waals surface area (Å²) in [5.41, 5.74) is -0.480. The summed E-state index contributed by atoms with van der Waals surface area (Å²) in [5, 5.41) is 10.3. The van der Waals surface area contributed by atoms with Crippen molar-refractivity contribution in [3.63, 3.8) is 0 Å². The molecule has 202 valence electrons. The number of likely N-dealkylation sites (tertiary alicyclic amines) is 1. The second-order valence-electron chi connectivity index (χ2n) is 11.7. The zero-order valence-electron chi connectivity index (χ0n) is 22.6. The third kappa shape index (κ3) is 5.00. The number of fused-ring (bicyclic) bond motifs is 1.